The number of amides is 1. The van der Waals surface area contributed by atoms with Crippen molar-refractivity contribution in [1.82, 2.24) is 0 Å². The van der Waals surface area contributed by atoms with Crippen molar-refractivity contribution in [1.29, 1.82) is 0 Å². The molecule has 4 rings (SSSR count). The highest BCUT2D eigenvalue weighted by Crippen LogP contribution is 2.26. The Hall–Kier alpha value is -3.11. The van der Waals surface area contributed by atoms with Crippen LogP contribution in [0.1, 0.15) is 29.9 Å². The van der Waals surface area contributed by atoms with Gasteiger partial charge in [0.1, 0.15) is 0 Å². The van der Waals surface area contributed by atoms with Gasteiger partial charge in [0.05, 0.1) is 12.0 Å². The van der Waals surface area contributed by atoms with Gasteiger partial charge in [-0.2, -0.15) is 0 Å². The second-order valence-corrected chi connectivity index (χ2v) is 7.34. The molecule has 3 aromatic carbocycles. The van der Waals surface area contributed by atoms with E-state index in [4.69, 9.17) is 4.74 Å². The van der Waals surface area contributed by atoms with Crippen molar-refractivity contribution in [3.8, 4) is 0 Å². The van der Waals surface area contributed by atoms with Gasteiger partial charge in [-0.05, 0) is 48.2 Å². The topological polar surface area (TPSA) is 50.4 Å². The highest BCUT2D eigenvalue weighted by molar-refractivity contribution is 5.98. The first-order valence-electron chi connectivity index (χ1n) is 10.2. The van der Waals surface area contributed by atoms with Crippen molar-refractivity contribution in [3.05, 3.63) is 96.1 Å². The Bertz CT molecular complexity index is 865. The average molecular weight is 386 g/mol. The normalized spacial score (nSPS) is 16.0. The number of benzene rings is 3. The lowest BCUT2D eigenvalue weighted by atomic mass is 9.90. The number of hydrogen-bond donors (Lipinski definition) is 2. The molecule has 4 nitrogen and oxygen atoms in total. The molecule has 0 radical (unpaired) electrons. The average Bonchev–Trinajstić information content (AvgIpc) is 3.29. The summed E-state index contributed by atoms with van der Waals surface area (Å²) in [4.78, 5) is 13.2. The van der Waals surface area contributed by atoms with Gasteiger partial charge in [-0.3, -0.25) is 4.79 Å². The van der Waals surface area contributed by atoms with Crippen molar-refractivity contribution in [3.63, 3.8) is 0 Å². The van der Waals surface area contributed by atoms with Gasteiger partial charge in [0, 0.05) is 24.5 Å². The molecule has 1 atom stereocenters. The van der Waals surface area contributed by atoms with E-state index in [2.05, 4.69) is 10.6 Å². The standard InChI is InChI=1S/C25H26N2O2/c28-25(24(19-8-3-1-4-9-19)20-10-5-2-6-11-20)27-22-15-13-21(14-16-22)26-18-23-12-7-17-29-23/h1-6,8-11,13-16,23-24,26H,7,12,17-18H2,(H,27,28). The third-order valence-electron chi connectivity index (χ3n) is 5.24. The minimum atomic E-state index is -0.352. The van der Waals surface area contributed by atoms with Crippen LogP contribution in [0.3, 0.4) is 0 Å². The summed E-state index contributed by atoms with van der Waals surface area (Å²) >= 11 is 0. The molecule has 1 fully saturated rings. The van der Waals surface area contributed by atoms with Crippen molar-refractivity contribution in [2.45, 2.75) is 24.9 Å². The van der Waals surface area contributed by atoms with Gasteiger partial charge in [0.15, 0.2) is 0 Å². The summed E-state index contributed by atoms with van der Waals surface area (Å²) < 4.78 is 5.64. The lowest BCUT2D eigenvalue weighted by Gasteiger charge is -2.18. The van der Waals surface area contributed by atoms with Crippen LogP contribution in [-0.2, 0) is 9.53 Å². The van der Waals surface area contributed by atoms with Gasteiger partial charge < -0.3 is 15.4 Å². The number of ether oxygens (including phenoxy) is 1. The van der Waals surface area contributed by atoms with Crippen molar-refractivity contribution < 1.29 is 9.53 Å². The second-order valence-electron chi connectivity index (χ2n) is 7.34. The summed E-state index contributed by atoms with van der Waals surface area (Å²) in [6.07, 6.45) is 2.55. The number of carbonyl (C=O) groups excluding carboxylic acids is 1. The molecular weight excluding hydrogens is 360 g/mol. The van der Waals surface area contributed by atoms with E-state index in [0.717, 1.165) is 48.5 Å². The van der Waals surface area contributed by atoms with E-state index in [0.29, 0.717) is 6.10 Å². The monoisotopic (exact) mass is 386 g/mol. The first-order valence-corrected chi connectivity index (χ1v) is 10.2. The van der Waals surface area contributed by atoms with Gasteiger partial charge in [-0.15, -0.1) is 0 Å². The molecule has 1 unspecified atom stereocenters. The molecule has 0 aromatic heterocycles. The molecule has 1 aliphatic rings. The molecule has 0 bridgehead atoms. The maximum Gasteiger partial charge on any atom is 0.236 e. The van der Waals surface area contributed by atoms with Crippen LogP contribution in [0.5, 0.6) is 0 Å². The Balaban J connectivity index is 1.44. The number of nitrogens with one attached hydrogen (secondary N) is 2. The van der Waals surface area contributed by atoms with Gasteiger partial charge in [-0.1, -0.05) is 60.7 Å². The van der Waals surface area contributed by atoms with Crippen LogP contribution in [0.4, 0.5) is 11.4 Å². The van der Waals surface area contributed by atoms with Crippen LogP contribution < -0.4 is 10.6 Å². The summed E-state index contributed by atoms with van der Waals surface area (Å²) in [7, 11) is 0. The van der Waals surface area contributed by atoms with Crippen molar-refractivity contribution in [2.24, 2.45) is 0 Å². The number of anilines is 2. The van der Waals surface area contributed by atoms with Gasteiger partial charge >= 0.3 is 0 Å². The summed E-state index contributed by atoms with van der Waals surface area (Å²) in [6, 6.07) is 27.6. The van der Waals surface area contributed by atoms with E-state index in [9.17, 15) is 4.79 Å². The molecule has 1 aliphatic heterocycles. The minimum Gasteiger partial charge on any atom is -0.382 e. The van der Waals surface area contributed by atoms with Gasteiger partial charge in [-0.25, -0.2) is 0 Å². The fourth-order valence-corrected chi connectivity index (χ4v) is 3.71. The molecule has 4 heteroatoms. The van der Waals surface area contributed by atoms with Crippen LogP contribution in [0, 0.1) is 0 Å². The van der Waals surface area contributed by atoms with Crippen LogP contribution >= 0.6 is 0 Å². The zero-order valence-electron chi connectivity index (χ0n) is 16.4. The van der Waals surface area contributed by atoms with Crippen LogP contribution in [-0.4, -0.2) is 25.2 Å². The quantitative estimate of drug-likeness (QED) is 0.597. The van der Waals surface area contributed by atoms with E-state index in [1.165, 1.54) is 0 Å². The van der Waals surface area contributed by atoms with E-state index in [-0.39, 0.29) is 11.8 Å². The lowest BCUT2D eigenvalue weighted by molar-refractivity contribution is -0.116. The van der Waals surface area contributed by atoms with Crippen LogP contribution in [0.2, 0.25) is 0 Å². The molecule has 1 heterocycles. The Morgan fingerprint density at radius 2 is 1.45 bits per heavy atom. The molecule has 2 N–H and O–H groups in total. The molecule has 0 aliphatic carbocycles. The maximum absolute atomic E-state index is 13.2. The highest BCUT2D eigenvalue weighted by atomic mass is 16.5. The fourth-order valence-electron chi connectivity index (χ4n) is 3.71. The molecule has 0 spiro atoms. The smallest absolute Gasteiger partial charge is 0.236 e. The Morgan fingerprint density at radius 1 is 0.862 bits per heavy atom. The predicted octanol–water partition coefficient (Wildman–Crippen LogP) is 5.05. The summed E-state index contributed by atoms with van der Waals surface area (Å²) in [5.41, 5.74) is 3.77. The SMILES string of the molecule is O=C(Nc1ccc(NCC2CCCO2)cc1)C(c1ccccc1)c1ccccc1. The van der Waals surface area contributed by atoms with E-state index in [1.54, 1.807) is 0 Å². The zero-order chi connectivity index (χ0) is 19.9. The lowest BCUT2D eigenvalue weighted by Crippen LogP contribution is -2.22. The molecule has 0 saturated carbocycles. The summed E-state index contributed by atoms with van der Waals surface area (Å²) in [5.74, 6) is -0.391. The number of carbonyl (C=O) groups is 1. The van der Waals surface area contributed by atoms with E-state index in [1.807, 2.05) is 84.9 Å². The molecular formula is C25H26N2O2. The van der Waals surface area contributed by atoms with Crippen LogP contribution in [0.15, 0.2) is 84.9 Å². The number of rotatable bonds is 7. The summed E-state index contributed by atoms with van der Waals surface area (Å²) in [6.45, 7) is 1.68. The molecule has 148 valence electrons. The Labute approximate surface area is 171 Å². The van der Waals surface area contributed by atoms with E-state index < -0.39 is 0 Å². The Morgan fingerprint density at radius 3 is 2.00 bits per heavy atom. The molecule has 1 amide bonds. The van der Waals surface area contributed by atoms with Gasteiger partial charge in [0.2, 0.25) is 5.91 Å². The first kappa shape index (κ1) is 19.2. The second kappa shape index (κ2) is 9.39. The predicted molar refractivity (Wildman–Crippen MR) is 117 cm³/mol. The zero-order valence-corrected chi connectivity index (χ0v) is 16.4. The first-order chi connectivity index (χ1) is 14.3. The molecule has 3 aromatic rings. The minimum absolute atomic E-state index is 0.0394. The fraction of sp³-hybridized carbons (Fsp3) is 0.240. The van der Waals surface area contributed by atoms with Crippen LogP contribution in [0.25, 0.3) is 0 Å². The van der Waals surface area contributed by atoms with Crippen molar-refractivity contribution in [2.75, 3.05) is 23.8 Å². The summed E-state index contributed by atoms with van der Waals surface area (Å²) in [5, 5.41) is 6.48. The highest BCUT2D eigenvalue weighted by Gasteiger charge is 2.22. The largest absolute Gasteiger partial charge is 0.382 e. The third kappa shape index (κ3) is 5.04. The molecule has 29 heavy (non-hydrogen) atoms. The van der Waals surface area contributed by atoms with Crippen molar-refractivity contribution >= 4 is 17.3 Å². The Kier molecular flexibility index (Phi) is 6.22. The number of hydrogen-bond acceptors (Lipinski definition) is 3. The maximum atomic E-state index is 13.2. The van der Waals surface area contributed by atoms with E-state index >= 15 is 0 Å². The molecule has 1 saturated heterocycles. The van der Waals surface area contributed by atoms with Gasteiger partial charge in [0.25, 0.3) is 0 Å². The third-order valence-corrected chi connectivity index (χ3v) is 5.24.